The summed E-state index contributed by atoms with van der Waals surface area (Å²) in [6.45, 7) is 3.41. The Hall–Kier alpha value is -2.89. The molecule has 2 aromatic rings. The Kier molecular flexibility index (Phi) is 6.52. The fourth-order valence-corrected chi connectivity index (χ4v) is 4.61. The van der Waals surface area contributed by atoms with Crippen LogP contribution < -0.4 is 9.46 Å². The highest BCUT2D eigenvalue weighted by atomic mass is 32.2. The van der Waals surface area contributed by atoms with Crippen molar-refractivity contribution in [2.24, 2.45) is 0 Å². The zero-order chi connectivity index (χ0) is 20.9. The molecule has 7 nitrogen and oxygen atoms in total. The first-order valence-corrected chi connectivity index (χ1v) is 11.0. The van der Waals surface area contributed by atoms with Crippen molar-refractivity contribution in [1.29, 1.82) is 5.26 Å². The van der Waals surface area contributed by atoms with E-state index in [1.54, 1.807) is 41.3 Å². The van der Waals surface area contributed by atoms with E-state index in [1.807, 2.05) is 13.0 Å². The van der Waals surface area contributed by atoms with Crippen molar-refractivity contribution in [3.05, 3.63) is 59.7 Å². The fourth-order valence-electron chi connectivity index (χ4n) is 3.26. The molecule has 1 saturated heterocycles. The van der Waals surface area contributed by atoms with Gasteiger partial charge in [0.1, 0.15) is 5.75 Å². The number of ether oxygens (including phenoxy) is 1. The number of nitrogens with one attached hydrogen (secondary N) is 1. The standard InChI is InChI=1S/C21H23N3O4S/c1-2-28-19-8-6-17(7-9-19)21(25)24-12-10-18(11-13-24)23-29(26,27)20-5-3-4-16(14-20)15-22/h3-9,14,18,23H,2,10-13H2,1H3. The van der Waals surface area contributed by atoms with Crippen LogP contribution >= 0.6 is 0 Å². The molecule has 0 atom stereocenters. The second-order valence-corrected chi connectivity index (χ2v) is 8.50. The molecule has 0 spiro atoms. The van der Waals surface area contributed by atoms with Gasteiger partial charge in [-0.3, -0.25) is 4.79 Å². The number of carbonyl (C=O) groups excluding carboxylic acids is 1. The lowest BCUT2D eigenvalue weighted by Gasteiger charge is -2.32. The fraction of sp³-hybridized carbons (Fsp3) is 0.333. The van der Waals surface area contributed by atoms with Crippen LogP contribution in [0.25, 0.3) is 0 Å². The van der Waals surface area contributed by atoms with Gasteiger partial charge in [0.25, 0.3) is 5.91 Å². The Balaban J connectivity index is 1.58. The Bertz CT molecular complexity index is 1000. The number of piperidine rings is 1. The molecular formula is C21H23N3O4S. The second kappa shape index (κ2) is 9.07. The van der Waals surface area contributed by atoms with Gasteiger partial charge in [-0.1, -0.05) is 6.07 Å². The Morgan fingerprint density at radius 1 is 1.21 bits per heavy atom. The SMILES string of the molecule is CCOc1ccc(C(=O)N2CCC(NS(=O)(=O)c3cccc(C#N)c3)CC2)cc1. The average Bonchev–Trinajstić information content (AvgIpc) is 2.74. The molecule has 1 heterocycles. The lowest BCUT2D eigenvalue weighted by Crippen LogP contribution is -2.46. The van der Waals surface area contributed by atoms with E-state index < -0.39 is 10.0 Å². The normalized spacial score (nSPS) is 15.0. The number of nitriles is 1. The quantitative estimate of drug-likeness (QED) is 0.785. The zero-order valence-corrected chi connectivity index (χ0v) is 17.0. The second-order valence-electron chi connectivity index (χ2n) is 6.78. The minimum absolute atomic E-state index is 0.0731. The van der Waals surface area contributed by atoms with E-state index in [2.05, 4.69) is 4.72 Å². The Labute approximate surface area is 171 Å². The smallest absolute Gasteiger partial charge is 0.253 e. The summed E-state index contributed by atoms with van der Waals surface area (Å²) >= 11 is 0. The molecule has 0 radical (unpaired) electrons. The molecular weight excluding hydrogens is 390 g/mol. The van der Waals surface area contributed by atoms with Gasteiger partial charge < -0.3 is 9.64 Å². The highest BCUT2D eigenvalue weighted by molar-refractivity contribution is 7.89. The maximum atomic E-state index is 12.7. The molecule has 1 amide bonds. The zero-order valence-electron chi connectivity index (χ0n) is 16.2. The molecule has 1 fully saturated rings. The van der Waals surface area contributed by atoms with Crippen LogP contribution in [0.5, 0.6) is 5.75 Å². The van der Waals surface area contributed by atoms with Gasteiger partial charge in [-0.05, 0) is 62.2 Å². The minimum Gasteiger partial charge on any atom is -0.494 e. The maximum Gasteiger partial charge on any atom is 0.253 e. The van der Waals surface area contributed by atoms with Gasteiger partial charge >= 0.3 is 0 Å². The van der Waals surface area contributed by atoms with E-state index in [0.717, 1.165) is 5.75 Å². The number of likely N-dealkylation sites (tertiary alicyclic amines) is 1. The predicted octanol–water partition coefficient (Wildman–Crippen LogP) is 2.54. The van der Waals surface area contributed by atoms with Gasteiger partial charge in [0.2, 0.25) is 10.0 Å². The van der Waals surface area contributed by atoms with E-state index in [1.165, 1.54) is 12.1 Å². The molecule has 0 unspecified atom stereocenters. The number of benzene rings is 2. The highest BCUT2D eigenvalue weighted by Crippen LogP contribution is 2.19. The van der Waals surface area contributed by atoms with Crippen molar-refractivity contribution in [2.45, 2.75) is 30.7 Å². The predicted molar refractivity (Wildman–Crippen MR) is 108 cm³/mol. The van der Waals surface area contributed by atoms with Gasteiger partial charge in [0.15, 0.2) is 0 Å². The molecule has 3 rings (SSSR count). The van der Waals surface area contributed by atoms with Gasteiger partial charge in [0, 0.05) is 24.7 Å². The van der Waals surface area contributed by atoms with Crippen molar-refractivity contribution in [1.82, 2.24) is 9.62 Å². The molecule has 0 saturated carbocycles. The van der Waals surface area contributed by atoms with Crippen molar-refractivity contribution >= 4 is 15.9 Å². The van der Waals surface area contributed by atoms with Crippen molar-refractivity contribution in [2.75, 3.05) is 19.7 Å². The largest absolute Gasteiger partial charge is 0.494 e. The van der Waals surface area contributed by atoms with Crippen LogP contribution in [0.15, 0.2) is 53.4 Å². The first-order valence-electron chi connectivity index (χ1n) is 9.47. The summed E-state index contributed by atoms with van der Waals surface area (Å²) < 4.78 is 33.2. The summed E-state index contributed by atoms with van der Waals surface area (Å²) in [6.07, 6.45) is 1.06. The van der Waals surface area contributed by atoms with Gasteiger partial charge in [-0.15, -0.1) is 0 Å². The number of carbonyl (C=O) groups is 1. The van der Waals surface area contributed by atoms with Crippen LogP contribution in [0.3, 0.4) is 0 Å². The van der Waals surface area contributed by atoms with E-state index in [9.17, 15) is 13.2 Å². The summed E-state index contributed by atoms with van der Waals surface area (Å²) in [5.41, 5.74) is 0.879. The van der Waals surface area contributed by atoms with E-state index in [0.29, 0.717) is 43.7 Å². The number of hydrogen-bond donors (Lipinski definition) is 1. The minimum atomic E-state index is -3.71. The molecule has 1 aliphatic rings. The maximum absolute atomic E-state index is 12.7. The highest BCUT2D eigenvalue weighted by Gasteiger charge is 2.27. The summed E-state index contributed by atoms with van der Waals surface area (Å²) in [4.78, 5) is 14.5. The molecule has 8 heteroatoms. The molecule has 0 bridgehead atoms. The third kappa shape index (κ3) is 5.13. The molecule has 1 N–H and O–H groups in total. The molecule has 29 heavy (non-hydrogen) atoms. The average molecular weight is 413 g/mol. The molecule has 152 valence electrons. The molecule has 0 aliphatic carbocycles. The topological polar surface area (TPSA) is 99.5 Å². The van der Waals surface area contributed by atoms with Crippen molar-refractivity contribution in [3.63, 3.8) is 0 Å². The molecule has 1 aliphatic heterocycles. The van der Waals surface area contributed by atoms with Crippen molar-refractivity contribution in [3.8, 4) is 11.8 Å². The lowest BCUT2D eigenvalue weighted by atomic mass is 10.0. The van der Waals surface area contributed by atoms with Crippen LogP contribution in [0.4, 0.5) is 0 Å². The first kappa shape index (κ1) is 20.8. The third-order valence-electron chi connectivity index (χ3n) is 4.79. The summed E-state index contributed by atoms with van der Waals surface area (Å²) in [7, 11) is -3.71. The number of amides is 1. The van der Waals surface area contributed by atoms with Crippen molar-refractivity contribution < 1.29 is 17.9 Å². The first-order chi connectivity index (χ1) is 13.9. The van der Waals surface area contributed by atoms with Gasteiger partial charge in [-0.2, -0.15) is 5.26 Å². The summed E-state index contributed by atoms with van der Waals surface area (Å²) in [5, 5.41) is 8.96. The number of rotatable bonds is 6. The van der Waals surface area contributed by atoms with Gasteiger partial charge in [-0.25, -0.2) is 13.1 Å². The van der Waals surface area contributed by atoms with Crippen LogP contribution in [0.1, 0.15) is 35.7 Å². The summed E-state index contributed by atoms with van der Waals surface area (Å²) in [6, 6.07) is 14.6. The van der Waals surface area contributed by atoms with Gasteiger partial charge in [0.05, 0.1) is 23.1 Å². The molecule has 2 aromatic carbocycles. The number of hydrogen-bond acceptors (Lipinski definition) is 5. The number of nitrogens with zero attached hydrogens (tertiary/aromatic N) is 2. The number of sulfonamides is 1. The van der Waals surface area contributed by atoms with E-state index in [4.69, 9.17) is 10.00 Å². The summed E-state index contributed by atoms with van der Waals surface area (Å²) in [5.74, 6) is 0.647. The van der Waals surface area contributed by atoms with Crippen LogP contribution in [-0.2, 0) is 10.0 Å². The monoisotopic (exact) mass is 413 g/mol. The third-order valence-corrected chi connectivity index (χ3v) is 6.31. The van der Waals surface area contributed by atoms with Crippen LogP contribution in [0.2, 0.25) is 0 Å². The molecule has 0 aromatic heterocycles. The van der Waals surface area contributed by atoms with E-state index >= 15 is 0 Å². The Morgan fingerprint density at radius 2 is 1.90 bits per heavy atom. The van der Waals surface area contributed by atoms with Crippen LogP contribution in [0, 0.1) is 11.3 Å². The van der Waals surface area contributed by atoms with E-state index in [-0.39, 0.29) is 16.8 Å². The van der Waals surface area contributed by atoms with Crippen LogP contribution in [-0.4, -0.2) is 45.0 Å². The Morgan fingerprint density at radius 3 is 2.52 bits per heavy atom. The lowest BCUT2D eigenvalue weighted by molar-refractivity contribution is 0.0711.